The molecule has 8 fully saturated rings. The molecule has 0 bridgehead atoms. The Labute approximate surface area is 529 Å². The first-order valence-corrected chi connectivity index (χ1v) is 33.9. The third-order valence-corrected chi connectivity index (χ3v) is 20.3. The number of carbonyl (C=O) groups excluding carboxylic acids is 1. The third kappa shape index (κ3) is 22.4. The van der Waals surface area contributed by atoms with Gasteiger partial charge in [0, 0.05) is 53.5 Å². The minimum atomic E-state index is -0.900. The monoisotopic (exact) mass is 1250 g/mol. The van der Waals surface area contributed by atoms with E-state index in [0.717, 1.165) is 173 Å². The second-order valence-electron chi connectivity index (χ2n) is 25.6. The fourth-order valence-electron chi connectivity index (χ4n) is 15.1. The Hall–Kier alpha value is -4.89. The van der Waals surface area contributed by atoms with Crippen molar-refractivity contribution in [2.75, 3.05) is 40.6 Å². The van der Waals surface area contributed by atoms with Gasteiger partial charge in [0.05, 0.1) is 24.9 Å². The van der Waals surface area contributed by atoms with Crippen molar-refractivity contribution in [3.8, 4) is 17.2 Å². The number of aliphatic hydroxyl groups excluding tert-OH is 1. The maximum Gasteiger partial charge on any atom is 0.201 e. The highest BCUT2D eigenvalue weighted by Gasteiger charge is 2.36. The van der Waals surface area contributed by atoms with Gasteiger partial charge in [-0.3, -0.25) is 4.79 Å². The van der Waals surface area contributed by atoms with Crippen LogP contribution in [0.5, 0.6) is 17.2 Å². The number of ether oxygens (including phenoxy) is 6. The summed E-state index contributed by atoms with van der Waals surface area (Å²) in [5.74, 6) is 0.699. The Morgan fingerprint density at radius 3 is 0.955 bits per heavy atom. The molecular weight excluding hydrogens is 1140 g/mol. The van der Waals surface area contributed by atoms with Gasteiger partial charge in [-0.15, -0.1) is 6.58 Å². The number of aliphatic hydroxyl groups is 1. The highest BCUT2D eigenvalue weighted by Crippen LogP contribution is 2.48. The first kappa shape index (κ1) is 73.2. The van der Waals surface area contributed by atoms with Crippen LogP contribution in [0.25, 0.3) is 0 Å². The number of ketones is 1. The normalized spacial score (nSPS) is 27.3. The van der Waals surface area contributed by atoms with Gasteiger partial charge in [0.2, 0.25) is 17.5 Å². The molecule has 0 unspecified atom stereocenters. The molecule has 3 aromatic rings. The van der Waals surface area contributed by atoms with Gasteiger partial charge in [-0.1, -0.05) is 42.5 Å². The summed E-state index contributed by atoms with van der Waals surface area (Å²) >= 11 is 0. The zero-order valence-corrected chi connectivity index (χ0v) is 54.3. The Morgan fingerprint density at radius 1 is 0.416 bits per heavy atom. The molecule has 2 heterocycles. The fourth-order valence-corrected chi connectivity index (χ4v) is 15.1. The summed E-state index contributed by atoms with van der Waals surface area (Å²) in [5, 5.41) is 7.00. The van der Waals surface area contributed by atoms with Gasteiger partial charge in [-0.05, 0) is 282 Å². The van der Waals surface area contributed by atoms with Crippen LogP contribution < -0.4 is 14.2 Å². The molecule has 8 aliphatic rings. The quantitative estimate of drug-likeness (QED) is 0.0970. The average Bonchev–Trinajstić information content (AvgIpc) is 1.69. The minimum absolute atomic E-state index is 0.0444. The van der Waals surface area contributed by atoms with Crippen molar-refractivity contribution in [1.29, 1.82) is 0 Å². The van der Waals surface area contributed by atoms with E-state index in [9.17, 15) is 31.1 Å². The lowest BCUT2D eigenvalue weighted by Crippen LogP contribution is -2.28. The van der Waals surface area contributed by atoms with Gasteiger partial charge in [0.15, 0.2) is 34.7 Å². The molecule has 14 heteroatoms. The number of hydrogen-bond donors (Lipinski definition) is 1. The number of Topliss-reactive ketones (excluding diaryl/α,β-unsaturated/α-hetero) is 1. The molecule has 8 nitrogen and oxygen atoms in total. The van der Waals surface area contributed by atoms with Gasteiger partial charge in [0.1, 0.15) is 5.78 Å². The lowest BCUT2D eigenvalue weighted by molar-refractivity contribution is -0.121. The summed E-state index contributed by atoms with van der Waals surface area (Å²) in [6.45, 7) is 13.2. The van der Waals surface area contributed by atoms with Crippen LogP contribution in [0.1, 0.15) is 235 Å². The lowest BCUT2D eigenvalue weighted by Gasteiger charge is -2.37. The van der Waals surface area contributed by atoms with Crippen LogP contribution in [-0.4, -0.2) is 57.6 Å². The first-order valence-electron chi connectivity index (χ1n) is 33.9. The van der Waals surface area contributed by atoms with Crippen molar-refractivity contribution in [2.24, 2.45) is 41.4 Å². The van der Waals surface area contributed by atoms with Crippen LogP contribution in [0.15, 0.2) is 86.1 Å². The van der Waals surface area contributed by atoms with E-state index in [2.05, 4.69) is 12.7 Å². The fraction of sp³-hybridized carbons (Fsp3) is 0.640. The Morgan fingerprint density at radius 2 is 0.697 bits per heavy atom. The second kappa shape index (κ2) is 40.2. The van der Waals surface area contributed by atoms with E-state index in [0.29, 0.717) is 46.3 Å². The van der Waals surface area contributed by atoms with Gasteiger partial charge < -0.3 is 33.5 Å². The molecule has 0 amide bonds. The van der Waals surface area contributed by atoms with E-state index in [4.69, 9.17) is 33.5 Å². The molecule has 2 saturated heterocycles. The van der Waals surface area contributed by atoms with Crippen LogP contribution in [0, 0.1) is 76.3 Å². The Bertz CT molecular complexity index is 2580. The summed E-state index contributed by atoms with van der Waals surface area (Å²) in [6, 6.07) is 9.69. The van der Waals surface area contributed by atoms with Gasteiger partial charge >= 0.3 is 0 Å². The SMILES string of the molecule is C/C=C/Oc1ccc(C2CCC(C3CCC(=O)CC3)CC2)c(F)c1F.C/C=C/Oc1ccc(C2CCC(C3CCC(OC)CC3)CC2)c(F)c1F.C1CCOC1.C1CCOC1.C=CC1CCC(C2CCC(c3ccc(O/C=C/C)c(F)c3F)CC2)CC1.CO. The standard InChI is InChI=1S/C23H30F2O.C22H30F2O2.C21H26F2O2.2C4H8O.CH4O/c1-3-15-26-21-14-13-20(22(24)23(21)25)19-11-9-18(10-12-19)17-7-5-16(4-2)6-8-17;1-3-14-26-20-13-12-19(21(23)22(20)24)17-6-4-15(5-7-17)16-8-10-18(25-2)11-9-16;1-2-13-25-19-12-11-18(20(22)21(19)23)16-5-3-14(4-6-16)15-7-9-17(24)10-8-15;2*1-2-4-5-3-1;1-2/h3-4,13-19H,2,5-12H2,1H3;3,12-18H,4-11H2,1-2H3;2,11-16H,3-10H2,1H3;2*1-4H2;2H,1H3/b15-3+;14-3+;13-2+;;;. The van der Waals surface area contributed by atoms with Gasteiger partial charge in [-0.25, -0.2) is 13.2 Å². The van der Waals surface area contributed by atoms with Crippen LogP contribution in [0.4, 0.5) is 26.3 Å². The molecule has 89 heavy (non-hydrogen) atoms. The number of carbonyl (C=O) groups is 1. The highest BCUT2D eigenvalue weighted by atomic mass is 19.2. The van der Waals surface area contributed by atoms with Crippen molar-refractivity contribution in [3.05, 3.63) is 138 Å². The maximum atomic E-state index is 14.5. The van der Waals surface area contributed by atoms with Crippen molar-refractivity contribution >= 4 is 5.78 Å². The summed E-state index contributed by atoms with van der Waals surface area (Å²) in [5.41, 5.74) is 1.50. The molecule has 6 saturated carbocycles. The summed E-state index contributed by atoms with van der Waals surface area (Å²) in [7, 11) is 2.80. The Kier molecular flexibility index (Phi) is 33.0. The van der Waals surface area contributed by atoms with E-state index >= 15 is 0 Å². The second-order valence-corrected chi connectivity index (χ2v) is 25.6. The molecule has 0 spiro atoms. The summed E-state index contributed by atoms with van der Waals surface area (Å²) < 4.78 is 117. The van der Waals surface area contributed by atoms with Crippen molar-refractivity contribution in [3.63, 3.8) is 0 Å². The van der Waals surface area contributed by atoms with E-state index in [-0.39, 0.29) is 35.0 Å². The number of halogens is 6. The molecule has 0 atom stereocenters. The topological polar surface area (TPSA) is 92.7 Å². The van der Waals surface area contributed by atoms with Gasteiger partial charge in [0.25, 0.3) is 0 Å². The summed E-state index contributed by atoms with van der Waals surface area (Å²) in [6.07, 6.45) is 42.2. The minimum Gasteiger partial charge on any atom is -0.462 e. The van der Waals surface area contributed by atoms with Crippen molar-refractivity contribution in [2.45, 2.75) is 224 Å². The van der Waals surface area contributed by atoms with Crippen LogP contribution in [0.2, 0.25) is 0 Å². The summed E-state index contributed by atoms with van der Waals surface area (Å²) in [4.78, 5) is 11.4. The largest absolute Gasteiger partial charge is 0.462 e. The van der Waals surface area contributed by atoms with E-state index in [1.54, 1.807) is 76.4 Å². The number of allylic oxidation sites excluding steroid dienone is 4. The van der Waals surface area contributed by atoms with Crippen LogP contribution >= 0.6 is 0 Å². The molecule has 496 valence electrons. The maximum absolute atomic E-state index is 14.5. The third-order valence-electron chi connectivity index (χ3n) is 20.3. The zero-order valence-electron chi connectivity index (χ0n) is 54.3. The molecule has 1 N–H and O–H groups in total. The first-order chi connectivity index (χ1) is 43.4. The van der Waals surface area contributed by atoms with E-state index in [1.165, 1.54) is 89.1 Å². The van der Waals surface area contributed by atoms with Crippen LogP contribution in [-0.2, 0) is 19.0 Å². The smallest absolute Gasteiger partial charge is 0.201 e. The number of methoxy groups -OCH3 is 1. The molecule has 11 rings (SSSR count). The Balaban J connectivity index is 0.000000194. The lowest BCUT2D eigenvalue weighted by atomic mass is 9.68. The average molecular weight is 1250 g/mol. The van der Waals surface area contributed by atoms with E-state index in [1.807, 2.05) is 0 Å². The predicted molar refractivity (Wildman–Crippen MR) is 343 cm³/mol. The van der Waals surface area contributed by atoms with Gasteiger partial charge in [-0.2, -0.15) is 13.2 Å². The molecule has 3 aromatic carbocycles. The molecule has 0 radical (unpaired) electrons. The molecule has 0 aromatic heterocycles. The zero-order chi connectivity index (χ0) is 63.9. The molecular formula is C75H106F6O8. The number of rotatable bonds is 14. The van der Waals surface area contributed by atoms with E-state index < -0.39 is 34.9 Å². The van der Waals surface area contributed by atoms with Crippen molar-refractivity contribution < 1.29 is 64.7 Å². The number of benzene rings is 3. The molecule has 2 aliphatic heterocycles. The van der Waals surface area contributed by atoms with Crippen LogP contribution in [0.3, 0.4) is 0 Å². The number of hydrogen-bond acceptors (Lipinski definition) is 8. The molecule has 6 aliphatic carbocycles. The highest BCUT2D eigenvalue weighted by molar-refractivity contribution is 5.79. The predicted octanol–water partition coefficient (Wildman–Crippen LogP) is 20.6. The van der Waals surface area contributed by atoms with Crippen molar-refractivity contribution in [1.82, 2.24) is 0 Å².